The third kappa shape index (κ3) is 3.73. The number of nitrogens with one attached hydrogen (secondary N) is 1. The Balaban J connectivity index is 2.44. The first kappa shape index (κ1) is 13.4. The minimum absolute atomic E-state index is 0.247. The number of aliphatic hydroxyl groups is 1. The second-order valence-electron chi connectivity index (χ2n) is 3.47. The Morgan fingerprint density at radius 2 is 2.19 bits per heavy atom. The lowest BCUT2D eigenvalue weighted by atomic mass is 10.2. The van der Waals surface area contributed by atoms with Crippen LogP contribution in [-0.4, -0.2) is 28.9 Å². The summed E-state index contributed by atoms with van der Waals surface area (Å²) in [6.07, 6.45) is -5.28. The third-order valence-electron chi connectivity index (χ3n) is 2.06. The van der Waals surface area contributed by atoms with Crippen molar-refractivity contribution in [1.82, 2.24) is 10.3 Å². The molecule has 0 aliphatic rings. The van der Waals surface area contributed by atoms with Crippen molar-refractivity contribution in [2.45, 2.75) is 32.2 Å². The van der Waals surface area contributed by atoms with Crippen LogP contribution in [0.1, 0.15) is 22.9 Å². The summed E-state index contributed by atoms with van der Waals surface area (Å²) in [6, 6.07) is -0.247. The Kier molecular flexibility index (Phi) is 4.28. The van der Waals surface area contributed by atoms with Crippen LogP contribution in [0.2, 0.25) is 0 Å². The third-order valence-corrected chi connectivity index (χ3v) is 3.16. The Morgan fingerprint density at radius 3 is 2.62 bits per heavy atom. The topological polar surface area (TPSA) is 45.2 Å². The zero-order chi connectivity index (χ0) is 12.3. The summed E-state index contributed by atoms with van der Waals surface area (Å²) in [6.45, 7) is 3.04. The van der Waals surface area contributed by atoms with Crippen molar-refractivity contribution in [3.63, 3.8) is 0 Å². The molecule has 1 rings (SSSR count). The Labute approximate surface area is 95.3 Å². The van der Waals surface area contributed by atoms with E-state index in [2.05, 4.69) is 10.3 Å². The monoisotopic (exact) mass is 254 g/mol. The number of halogens is 3. The van der Waals surface area contributed by atoms with Gasteiger partial charge in [0, 0.05) is 23.7 Å². The zero-order valence-corrected chi connectivity index (χ0v) is 9.69. The molecule has 1 aromatic rings. The Bertz CT molecular complexity index is 340. The van der Waals surface area contributed by atoms with E-state index in [0.717, 1.165) is 9.88 Å². The quantitative estimate of drug-likeness (QED) is 0.864. The van der Waals surface area contributed by atoms with Gasteiger partial charge in [0.1, 0.15) is 0 Å². The van der Waals surface area contributed by atoms with Crippen LogP contribution >= 0.6 is 11.3 Å². The number of aromatic nitrogens is 1. The van der Waals surface area contributed by atoms with Crippen LogP contribution in [0.4, 0.5) is 13.2 Å². The first-order valence-corrected chi connectivity index (χ1v) is 5.53. The Morgan fingerprint density at radius 1 is 1.56 bits per heavy atom. The number of hydrogen-bond donors (Lipinski definition) is 2. The predicted octanol–water partition coefficient (Wildman–Crippen LogP) is 2.03. The molecule has 3 nitrogen and oxygen atoms in total. The van der Waals surface area contributed by atoms with E-state index in [1.165, 1.54) is 11.3 Å². The summed E-state index contributed by atoms with van der Waals surface area (Å²) in [7, 11) is 0. The van der Waals surface area contributed by atoms with E-state index >= 15 is 0 Å². The number of hydrogen-bond acceptors (Lipinski definition) is 4. The lowest BCUT2D eigenvalue weighted by Gasteiger charge is -2.17. The van der Waals surface area contributed by atoms with Crippen molar-refractivity contribution < 1.29 is 18.3 Å². The number of alkyl halides is 3. The summed E-state index contributed by atoms with van der Waals surface area (Å²) in [5.74, 6) is 0. The molecule has 1 aromatic heterocycles. The summed E-state index contributed by atoms with van der Waals surface area (Å²) >= 11 is 1.42. The molecule has 2 unspecified atom stereocenters. The summed E-state index contributed by atoms with van der Waals surface area (Å²) in [5, 5.41) is 12.3. The fourth-order valence-electron chi connectivity index (χ4n) is 1.08. The predicted molar refractivity (Wildman–Crippen MR) is 55.3 cm³/mol. The van der Waals surface area contributed by atoms with Gasteiger partial charge in [0.2, 0.25) is 0 Å². The molecule has 0 aliphatic heterocycles. The average molecular weight is 254 g/mol. The van der Waals surface area contributed by atoms with Gasteiger partial charge in [-0.1, -0.05) is 0 Å². The molecule has 0 aliphatic carbocycles. The molecule has 0 saturated carbocycles. The van der Waals surface area contributed by atoms with Gasteiger partial charge in [0.05, 0.1) is 5.01 Å². The van der Waals surface area contributed by atoms with Crippen molar-refractivity contribution >= 4 is 11.3 Å². The van der Waals surface area contributed by atoms with E-state index in [9.17, 15) is 13.2 Å². The van der Waals surface area contributed by atoms with Crippen LogP contribution in [0, 0.1) is 6.92 Å². The molecule has 7 heteroatoms. The molecule has 0 fully saturated rings. The molecule has 0 spiro atoms. The van der Waals surface area contributed by atoms with E-state index in [1.54, 1.807) is 13.1 Å². The molecular formula is C9H13F3N2OS. The number of nitrogens with zero attached hydrogens (tertiary/aromatic N) is 1. The molecule has 0 aromatic carbocycles. The highest BCUT2D eigenvalue weighted by atomic mass is 32.1. The van der Waals surface area contributed by atoms with Gasteiger partial charge in [0.25, 0.3) is 0 Å². The summed E-state index contributed by atoms with van der Waals surface area (Å²) in [5.41, 5.74) is 0. The van der Waals surface area contributed by atoms with Crippen molar-refractivity contribution in [2.24, 2.45) is 0 Å². The van der Waals surface area contributed by atoms with E-state index in [1.807, 2.05) is 6.92 Å². The largest absolute Gasteiger partial charge is 0.415 e. The highest BCUT2D eigenvalue weighted by Gasteiger charge is 2.37. The van der Waals surface area contributed by atoms with Crippen LogP contribution in [0.25, 0.3) is 0 Å². The van der Waals surface area contributed by atoms with Crippen LogP contribution in [0.3, 0.4) is 0 Å². The van der Waals surface area contributed by atoms with Crippen LogP contribution in [0.5, 0.6) is 0 Å². The highest BCUT2D eigenvalue weighted by Crippen LogP contribution is 2.22. The van der Waals surface area contributed by atoms with Gasteiger partial charge in [-0.25, -0.2) is 4.98 Å². The highest BCUT2D eigenvalue weighted by molar-refractivity contribution is 7.11. The normalized spacial score (nSPS) is 16.1. The SMILES string of the molecule is Cc1ncc(C(C)NCC(O)C(F)(F)F)s1. The van der Waals surface area contributed by atoms with Crippen molar-refractivity contribution in [2.75, 3.05) is 6.54 Å². The molecule has 2 N–H and O–H groups in total. The van der Waals surface area contributed by atoms with E-state index < -0.39 is 18.8 Å². The van der Waals surface area contributed by atoms with Gasteiger partial charge in [-0.3, -0.25) is 0 Å². The van der Waals surface area contributed by atoms with Crippen LogP contribution in [-0.2, 0) is 0 Å². The first-order valence-electron chi connectivity index (χ1n) is 4.71. The van der Waals surface area contributed by atoms with Crippen molar-refractivity contribution in [1.29, 1.82) is 0 Å². The summed E-state index contributed by atoms with van der Waals surface area (Å²) in [4.78, 5) is 4.86. The van der Waals surface area contributed by atoms with Crippen molar-refractivity contribution in [3.05, 3.63) is 16.1 Å². The van der Waals surface area contributed by atoms with Gasteiger partial charge < -0.3 is 10.4 Å². The van der Waals surface area contributed by atoms with E-state index in [0.29, 0.717) is 0 Å². The average Bonchev–Trinajstić information content (AvgIpc) is 2.59. The maximum Gasteiger partial charge on any atom is 0.415 e. The zero-order valence-electron chi connectivity index (χ0n) is 8.88. The van der Waals surface area contributed by atoms with Crippen LogP contribution in [0.15, 0.2) is 6.20 Å². The van der Waals surface area contributed by atoms with E-state index in [-0.39, 0.29) is 6.04 Å². The second kappa shape index (κ2) is 5.11. The van der Waals surface area contributed by atoms with E-state index in [4.69, 9.17) is 5.11 Å². The van der Waals surface area contributed by atoms with Gasteiger partial charge in [-0.2, -0.15) is 13.2 Å². The summed E-state index contributed by atoms with van der Waals surface area (Å²) < 4.78 is 36.0. The van der Waals surface area contributed by atoms with Gasteiger partial charge in [0.15, 0.2) is 6.10 Å². The number of rotatable bonds is 4. The number of aryl methyl sites for hydroxylation is 1. The molecule has 0 bridgehead atoms. The molecule has 0 saturated heterocycles. The smallest absolute Gasteiger partial charge is 0.382 e. The number of aliphatic hydroxyl groups excluding tert-OH is 1. The van der Waals surface area contributed by atoms with Gasteiger partial charge in [-0.05, 0) is 13.8 Å². The molecule has 16 heavy (non-hydrogen) atoms. The standard InChI is InChI=1S/C9H13F3N2OS/c1-5(7-3-14-6(2)16-7)13-4-8(15)9(10,11)12/h3,5,8,13,15H,4H2,1-2H3. The fraction of sp³-hybridized carbons (Fsp3) is 0.667. The molecule has 92 valence electrons. The van der Waals surface area contributed by atoms with Gasteiger partial charge >= 0.3 is 6.18 Å². The Hall–Kier alpha value is -0.660. The molecule has 2 atom stereocenters. The van der Waals surface area contributed by atoms with Gasteiger partial charge in [-0.15, -0.1) is 11.3 Å². The molecular weight excluding hydrogens is 241 g/mol. The molecule has 1 heterocycles. The lowest BCUT2D eigenvalue weighted by molar-refractivity contribution is -0.202. The second-order valence-corrected chi connectivity index (χ2v) is 4.74. The number of thiazole rings is 1. The molecule has 0 amide bonds. The maximum absolute atomic E-state index is 12.0. The van der Waals surface area contributed by atoms with Crippen LogP contribution < -0.4 is 5.32 Å². The maximum atomic E-state index is 12.0. The minimum atomic E-state index is -4.57. The minimum Gasteiger partial charge on any atom is -0.382 e. The lowest BCUT2D eigenvalue weighted by Crippen LogP contribution is -2.39. The molecule has 0 radical (unpaired) electrons. The fourth-order valence-corrected chi connectivity index (χ4v) is 1.89. The van der Waals surface area contributed by atoms with Crippen molar-refractivity contribution in [3.8, 4) is 0 Å². The first-order chi connectivity index (χ1) is 7.30.